The molecule has 0 fully saturated rings. The normalized spacial score (nSPS) is 10.8. The molecule has 3 nitrogen and oxygen atoms in total. The molecule has 0 saturated heterocycles. The third kappa shape index (κ3) is 4.13. The van der Waals surface area contributed by atoms with E-state index in [1.807, 2.05) is 6.20 Å². The van der Waals surface area contributed by atoms with Gasteiger partial charge in [0.15, 0.2) is 0 Å². The van der Waals surface area contributed by atoms with E-state index in [2.05, 4.69) is 15.3 Å². The lowest BCUT2D eigenvalue weighted by Crippen LogP contribution is -2.15. The van der Waals surface area contributed by atoms with Crippen molar-refractivity contribution in [2.24, 2.45) is 0 Å². The monoisotopic (exact) mass is 267 g/mol. The Bertz CT molecular complexity index is 465. The fourth-order valence-electron chi connectivity index (χ4n) is 1.76. The number of H-pyrrole nitrogens is 1. The Balaban J connectivity index is 1.68. The molecule has 0 aliphatic rings. The lowest BCUT2D eigenvalue weighted by atomic mass is 10.2. The molecule has 0 atom stereocenters. The van der Waals surface area contributed by atoms with Gasteiger partial charge in [-0.25, -0.2) is 9.37 Å². The largest absolute Gasteiger partial charge is 0.349 e. The number of aryl methyl sites for hydroxylation is 1. The van der Waals surface area contributed by atoms with Gasteiger partial charge in [-0.15, -0.1) is 0 Å². The molecular formula is C13H15ClFN3. The fraction of sp³-hybridized carbons (Fsp3) is 0.308. The minimum Gasteiger partial charge on any atom is -0.349 e. The summed E-state index contributed by atoms with van der Waals surface area (Å²) in [6.07, 6.45) is 5.45. The summed E-state index contributed by atoms with van der Waals surface area (Å²) in [5.74, 6) is 0.695. The minimum atomic E-state index is -0.296. The van der Waals surface area contributed by atoms with E-state index < -0.39 is 0 Å². The second kappa shape index (κ2) is 6.52. The van der Waals surface area contributed by atoms with Gasteiger partial charge in [-0.3, -0.25) is 0 Å². The number of halogens is 2. The number of benzene rings is 1. The Morgan fingerprint density at radius 3 is 2.94 bits per heavy atom. The van der Waals surface area contributed by atoms with Crippen LogP contribution in [0.1, 0.15) is 17.8 Å². The second-order valence-electron chi connectivity index (χ2n) is 4.09. The van der Waals surface area contributed by atoms with E-state index in [-0.39, 0.29) is 5.82 Å². The van der Waals surface area contributed by atoms with E-state index in [4.69, 9.17) is 11.6 Å². The third-order valence-electron chi connectivity index (χ3n) is 2.57. The highest BCUT2D eigenvalue weighted by Crippen LogP contribution is 2.13. The van der Waals surface area contributed by atoms with Crippen molar-refractivity contribution in [2.45, 2.75) is 19.4 Å². The van der Waals surface area contributed by atoms with Gasteiger partial charge in [0.25, 0.3) is 0 Å². The number of hydrogen-bond donors (Lipinski definition) is 2. The Morgan fingerprint density at radius 2 is 2.22 bits per heavy atom. The first kappa shape index (κ1) is 13.1. The summed E-state index contributed by atoms with van der Waals surface area (Å²) in [7, 11) is 0. The zero-order chi connectivity index (χ0) is 12.8. The fourth-order valence-corrected chi connectivity index (χ4v) is 2.01. The van der Waals surface area contributed by atoms with Crippen LogP contribution in [0.25, 0.3) is 0 Å². The first-order valence-corrected chi connectivity index (χ1v) is 6.26. The second-order valence-corrected chi connectivity index (χ2v) is 4.53. The molecule has 0 aliphatic carbocycles. The van der Waals surface area contributed by atoms with Crippen LogP contribution in [-0.2, 0) is 13.0 Å². The summed E-state index contributed by atoms with van der Waals surface area (Å²) in [5.41, 5.74) is 0.859. The molecule has 0 bridgehead atoms. The van der Waals surface area contributed by atoms with Crippen molar-refractivity contribution in [1.82, 2.24) is 15.3 Å². The summed E-state index contributed by atoms with van der Waals surface area (Å²) in [4.78, 5) is 7.20. The summed E-state index contributed by atoms with van der Waals surface area (Å²) in [6.45, 7) is 1.48. The van der Waals surface area contributed by atoms with Gasteiger partial charge < -0.3 is 10.3 Å². The standard InChI is InChI=1S/C13H15ClFN3/c14-11-6-10(7-12(15)8-11)9-16-3-1-2-13-17-4-5-18-13/h4-8,16H,1-3,9H2,(H,17,18). The van der Waals surface area contributed by atoms with Crippen LogP contribution < -0.4 is 5.32 Å². The van der Waals surface area contributed by atoms with Crippen LogP contribution >= 0.6 is 11.6 Å². The lowest BCUT2D eigenvalue weighted by Gasteiger charge is -2.05. The molecule has 0 saturated carbocycles. The quantitative estimate of drug-likeness (QED) is 0.790. The predicted molar refractivity (Wildman–Crippen MR) is 70.0 cm³/mol. The SMILES string of the molecule is Fc1cc(Cl)cc(CNCCCc2ncc[nH]2)c1. The van der Waals surface area contributed by atoms with Gasteiger partial charge in [0.05, 0.1) is 0 Å². The highest BCUT2D eigenvalue weighted by Gasteiger charge is 1.99. The molecule has 0 radical (unpaired) electrons. The highest BCUT2D eigenvalue weighted by molar-refractivity contribution is 6.30. The van der Waals surface area contributed by atoms with Crippen LogP contribution in [0.4, 0.5) is 4.39 Å². The molecule has 96 valence electrons. The van der Waals surface area contributed by atoms with E-state index in [0.29, 0.717) is 11.6 Å². The maximum absolute atomic E-state index is 13.1. The number of aromatic amines is 1. The molecule has 2 aromatic rings. The zero-order valence-corrected chi connectivity index (χ0v) is 10.7. The van der Waals surface area contributed by atoms with Crippen molar-refractivity contribution >= 4 is 11.6 Å². The first-order chi connectivity index (χ1) is 8.74. The zero-order valence-electron chi connectivity index (χ0n) is 9.92. The Morgan fingerprint density at radius 1 is 1.33 bits per heavy atom. The first-order valence-electron chi connectivity index (χ1n) is 5.88. The molecule has 2 N–H and O–H groups in total. The Labute approximate surface area is 110 Å². The van der Waals surface area contributed by atoms with Crippen LogP contribution in [0.5, 0.6) is 0 Å². The van der Waals surface area contributed by atoms with Crippen LogP contribution in [0.2, 0.25) is 5.02 Å². The van der Waals surface area contributed by atoms with Gasteiger partial charge in [-0.05, 0) is 36.7 Å². The smallest absolute Gasteiger partial charge is 0.125 e. The molecule has 0 amide bonds. The maximum atomic E-state index is 13.1. The van der Waals surface area contributed by atoms with Crippen molar-refractivity contribution in [3.63, 3.8) is 0 Å². The Kier molecular flexibility index (Phi) is 4.73. The van der Waals surface area contributed by atoms with Gasteiger partial charge in [0, 0.05) is 30.4 Å². The van der Waals surface area contributed by atoms with Gasteiger partial charge >= 0.3 is 0 Å². The number of nitrogens with zero attached hydrogens (tertiary/aromatic N) is 1. The number of hydrogen-bond acceptors (Lipinski definition) is 2. The molecule has 18 heavy (non-hydrogen) atoms. The number of aromatic nitrogens is 2. The molecule has 1 heterocycles. The molecular weight excluding hydrogens is 253 g/mol. The van der Waals surface area contributed by atoms with E-state index in [0.717, 1.165) is 30.8 Å². The van der Waals surface area contributed by atoms with Crippen molar-refractivity contribution < 1.29 is 4.39 Å². The lowest BCUT2D eigenvalue weighted by molar-refractivity contribution is 0.614. The molecule has 0 aliphatic heterocycles. The van der Waals surface area contributed by atoms with Crippen LogP contribution in [0, 0.1) is 5.82 Å². The molecule has 0 spiro atoms. The summed E-state index contributed by atoms with van der Waals surface area (Å²) in [6, 6.07) is 4.57. The van der Waals surface area contributed by atoms with Crippen LogP contribution in [0.15, 0.2) is 30.6 Å². The number of rotatable bonds is 6. The van der Waals surface area contributed by atoms with E-state index in [1.54, 1.807) is 12.3 Å². The van der Waals surface area contributed by atoms with Crippen LogP contribution in [-0.4, -0.2) is 16.5 Å². The van der Waals surface area contributed by atoms with E-state index in [9.17, 15) is 4.39 Å². The van der Waals surface area contributed by atoms with Gasteiger partial charge in [-0.1, -0.05) is 11.6 Å². The van der Waals surface area contributed by atoms with Crippen LogP contribution in [0.3, 0.4) is 0 Å². The van der Waals surface area contributed by atoms with Crippen molar-refractivity contribution in [3.8, 4) is 0 Å². The summed E-state index contributed by atoms with van der Waals surface area (Å²) in [5, 5.41) is 3.68. The molecule has 5 heteroatoms. The molecule has 2 rings (SSSR count). The molecule has 1 aromatic carbocycles. The average molecular weight is 268 g/mol. The van der Waals surface area contributed by atoms with E-state index in [1.165, 1.54) is 12.1 Å². The van der Waals surface area contributed by atoms with Gasteiger partial charge in [0.2, 0.25) is 0 Å². The van der Waals surface area contributed by atoms with Crippen molar-refractivity contribution in [1.29, 1.82) is 0 Å². The van der Waals surface area contributed by atoms with Crippen molar-refractivity contribution in [2.75, 3.05) is 6.54 Å². The average Bonchev–Trinajstić information content (AvgIpc) is 2.80. The number of imidazole rings is 1. The highest BCUT2D eigenvalue weighted by atomic mass is 35.5. The van der Waals surface area contributed by atoms with E-state index >= 15 is 0 Å². The summed E-state index contributed by atoms with van der Waals surface area (Å²) >= 11 is 5.78. The maximum Gasteiger partial charge on any atom is 0.125 e. The Hall–Kier alpha value is -1.39. The third-order valence-corrected chi connectivity index (χ3v) is 2.79. The van der Waals surface area contributed by atoms with Gasteiger partial charge in [-0.2, -0.15) is 0 Å². The topological polar surface area (TPSA) is 40.7 Å². The minimum absolute atomic E-state index is 0.296. The molecule has 1 aromatic heterocycles. The molecule has 0 unspecified atom stereocenters. The van der Waals surface area contributed by atoms with Crippen molar-refractivity contribution in [3.05, 3.63) is 52.8 Å². The number of nitrogens with one attached hydrogen (secondary N) is 2. The summed E-state index contributed by atoms with van der Waals surface area (Å²) < 4.78 is 13.1. The predicted octanol–water partition coefficient (Wildman–Crippen LogP) is 2.92. The van der Waals surface area contributed by atoms with Gasteiger partial charge in [0.1, 0.15) is 11.6 Å².